The van der Waals surface area contributed by atoms with E-state index in [1.165, 1.54) is 19.2 Å². The zero-order chi connectivity index (χ0) is 22.3. The van der Waals surface area contributed by atoms with E-state index in [0.29, 0.717) is 41.9 Å². The van der Waals surface area contributed by atoms with Crippen molar-refractivity contribution in [1.82, 2.24) is 5.32 Å². The number of benzene rings is 1. The molecule has 0 spiro atoms. The van der Waals surface area contributed by atoms with Crippen LogP contribution in [0.1, 0.15) is 56.8 Å². The number of carbonyl (C=O) groups excluding carboxylic acids is 3. The molecule has 162 valence electrons. The Morgan fingerprint density at radius 3 is 2.47 bits per heavy atom. The topological polar surface area (TPSA) is 111 Å². The summed E-state index contributed by atoms with van der Waals surface area (Å²) in [5.41, 5.74) is 6.68. The Balaban J connectivity index is 2.33. The Bertz CT molecular complexity index is 912. The van der Waals surface area contributed by atoms with Gasteiger partial charge in [-0.15, -0.1) is 11.3 Å². The van der Waals surface area contributed by atoms with Gasteiger partial charge in [-0.2, -0.15) is 0 Å². The van der Waals surface area contributed by atoms with Crippen LogP contribution in [0.3, 0.4) is 0 Å². The van der Waals surface area contributed by atoms with Crippen LogP contribution in [0.2, 0.25) is 0 Å². The van der Waals surface area contributed by atoms with Gasteiger partial charge in [0.25, 0.3) is 5.91 Å². The third kappa shape index (κ3) is 5.43. The molecule has 0 fully saturated rings. The van der Waals surface area contributed by atoms with Crippen molar-refractivity contribution >= 4 is 34.1 Å². The predicted octanol–water partition coefficient (Wildman–Crippen LogP) is 3.19. The van der Waals surface area contributed by atoms with E-state index in [1.807, 2.05) is 6.92 Å². The fourth-order valence-corrected chi connectivity index (χ4v) is 4.13. The average molecular weight is 436 g/mol. The fourth-order valence-electron chi connectivity index (χ4n) is 3.02. The van der Waals surface area contributed by atoms with Crippen molar-refractivity contribution < 1.29 is 23.5 Å². The molecule has 4 N–H and O–H groups in total. The molecule has 1 aromatic heterocycles. The first-order valence-corrected chi connectivity index (χ1v) is 10.4. The molecule has 0 aliphatic heterocycles. The van der Waals surface area contributed by atoms with Gasteiger partial charge in [-0.3, -0.25) is 9.59 Å². The summed E-state index contributed by atoms with van der Waals surface area (Å²) >= 11 is 1.01. The summed E-state index contributed by atoms with van der Waals surface area (Å²) in [6.07, 6.45) is 1.10. The van der Waals surface area contributed by atoms with Gasteiger partial charge in [0, 0.05) is 6.54 Å². The van der Waals surface area contributed by atoms with Gasteiger partial charge in [0.05, 0.1) is 23.5 Å². The summed E-state index contributed by atoms with van der Waals surface area (Å²) in [6.45, 7) is 4.32. The van der Waals surface area contributed by atoms with E-state index in [4.69, 9.17) is 10.5 Å². The number of anilines is 1. The van der Waals surface area contributed by atoms with E-state index in [-0.39, 0.29) is 28.2 Å². The Hall–Kier alpha value is -2.78. The van der Waals surface area contributed by atoms with E-state index < -0.39 is 11.9 Å². The van der Waals surface area contributed by atoms with Crippen LogP contribution < -0.4 is 16.4 Å². The van der Waals surface area contributed by atoms with Gasteiger partial charge in [-0.05, 0) is 49.6 Å². The molecule has 0 aliphatic rings. The molecule has 0 aliphatic carbocycles. The van der Waals surface area contributed by atoms with E-state index in [0.717, 1.165) is 11.3 Å². The lowest BCUT2D eigenvalue weighted by atomic mass is 9.95. The van der Waals surface area contributed by atoms with Crippen LogP contribution in [0.15, 0.2) is 24.3 Å². The van der Waals surface area contributed by atoms with Gasteiger partial charge in [0.1, 0.15) is 10.8 Å². The second-order valence-corrected chi connectivity index (χ2v) is 7.67. The number of methoxy groups -OCH3 is 1. The molecular formula is C21H26FN3O4S. The Kier molecular flexibility index (Phi) is 8.49. The molecule has 2 rings (SSSR count). The minimum atomic E-state index is -0.644. The van der Waals surface area contributed by atoms with Crippen LogP contribution in [0.5, 0.6) is 0 Å². The smallest absolute Gasteiger partial charge is 0.341 e. The summed E-state index contributed by atoms with van der Waals surface area (Å²) in [6, 6.07) is 5.70. The van der Waals surface area contributed by atoms with Gasteiger partial charge >= 0.3 is 5.97 Å². The standard InChI is InChI=1S/C21H26FN3O4S/c1-4-15(13-6-8-14(22)9-7-13)18(26)25-20-16(21(28)29-3)12(2)17(30-20)19(27)24-11-5-10-23/h6-9,15H,4-5,10-11,23H2,1-3H3,(H,24,27)(H,25,26). The summed E-state index contributed by atoms with van der Waals surface area (Å²) < 4.78 is 18.1. The molecule has 1 heterocycles. The van der Waals surface area contributed by atoms with Crippen LogP contribution in [-0.4, -0.2) is 38.0 Å². The molecule has 1 aromatic carbocycles. The summed E-state index contributed by atoms with van der Waals surface area (Å²) in [7, 11) is 1.24. The van der Waals surface area contributed by atoms with Crippen molar-refractivity contribution in [3.63, 3.8) is 0 Å². The third-order valence-corrected chi connectivity index (χ3v) is 5.85. The lowest BCUT2D eigenvalue weighted by Crippen LogP contribution is -2.25. The van der Waals surface area contributed by atoms with E-state index in [9.17, 15) is 18.8 Å². The van der Waals surface area contributed by atoms with E-state index in [1.54, 1.807) is 19.1 Å². The number of amides is 2. The number of thiophene rings is 1. The monoisotopic (exact) mass is 435 g/mol. The first-order valence-electron chi connectivity index (χ1n) is 9.60. The van der Waals surface area contributed by atoms with Crippen molar-refractivity contribution in [2.45, 2.75) is 32.6 Å². The second-order valence-electron chi connectivity index (χ2n) is 6.65. The number of esters is 1. The van der Waals surface area contributed by atoms with Crippen molar-refractivity contribution in [3.05, 3.63) is 51.7 Å². The molecule has 1 unspecified atom stereocenters. The molecule has 0 bridgehead atoms. The summed E-state index contributed by atoms with van der Waals surface area (Å²) in [5.74, 6) is -2.27. The van der Waals surface area contributed by atoms with Crippen LogP contribution in [0, 0.1) is 12.7 Å². The quantitative estimate of drug-likeness (QED) is 0.414. The first-order chi connectivity index (χ1) is 14.3. The first kappa shape index (κ1) is 23.5. The van der Waals surface area contributed by atoms with Crippen LogP contribution >= 0.6 is 11.3 Å². The SMILES string of the molecule is CCC(C(=O)Nc1sc(C(=O)NCCCN)c(C)c1C(=O)OC)c1ccc(F)cc1. The van der Waals surface area contributed by atoms with Crippen molar-refractivity contribution in [2.75, 3.05) is 25.5 Å². The number of halogens is 1. The number of nitrogens with two attached hydrogens (primary N) is 1. The van der Waals surface area contributed by atoms with E-state index in [2.05, 4.69) is 10.6 Å². The van der Waals surface area contributed by atoms with Crippen LogP contribution in [-0.2, 0) is 9.53 Å². The van der Waals surface area contributed by atoms with Gasteiger partial charge in [0.2, 0.25) is 5.91 Å². The van der Waals surface area contributed by atoms with Crippen LogP contribution in [0.4, 0.5) is 9.39 Å². The van der Waals surface area contributed by atoms with Gasteiger partial charge in [0.15, 0.2) is 0 Å². The lowest BCUT2D eigenvalue weighted by Gasteiger charge is -2.15. The molecule has 7 nitrogen and oxygen atoms in total. The minimum Gasteiger partial charge on any atom is -0.465 e. The molecule has 30 heavy (non-hydrogen) atoms. The maximum atomic E-state index is 13.2. The highest BCUT2D eigenvalue weighted by Crippen LogP contribution is 2.35. The molecule has 1 atom stereocenters. The highest BCUT2D eigenvalue weighted by molar-refractivity contribution is 7.18. The molecule has 0 radical (unpaired) electrons. The molecule has 2 aromatic rings. The molecule has 0 saturated carbocycles. The maximum Gasteiger partial charge on any atom is 0.341 e. The number of hydrogen-bond donors (Lipinski definition) is 3. The Morgan fingerprint density at radius 2 is 1.90 bits per heavy atom. The molecule has 0 saturated heterocycles. The van der Waals surface area contributed by atoms with Crippen molar-refractivity contribution in [1.29, 1.82) is 0 Å². The second kappa shape index (κ2) is 10.8. The Morgan fingerprint density at radius 1 is 1.23 bits per heavy atom. The minimum absolute atomic E-state index is 0.147. The molecular weight excluding hydrogens is 409 g/mol. The van der Waals surface area contributed by atoms with Gasteiger partial charge in [-0.1, -0.05) is 19.1 Å². The zero-order valence-corrected chi connectivity index (χ0v) is 18.0. The van der Waals surface area contributed by atoms with E-state index >= 15 is 0 Å². The highest BCUT2D eigenvalue weighted by atomic mass is 32.1. The summed E-state index contributed by atoms with van der Waals surface area (Å²) in [5, 5.41) is 5.75. The highest BCUT2D eigenvalue weighted by Gasteiger charge is 2.28. The number of ether oxygens (including phenoxy) is 1. The molecule has 2 amide bonds. The number of hydrogen-bond acceptors (Lipinski definition) is 6. The van der Waals surface area contributed by atoms with Gasteiger partial charge < -0.3 is 21.1 Å². The third-order valence-electron chi connectivity index (χ3n) is 4.64. The average Bonchev–Trinajstić information content (AvgIpc) is 3.05. The Labute approximate surface area is 178 Å². The zero-order valence-electron chi connectivity index (χ0n) is 17.2. The van der Waals surface area contributed by atoms with Crippen molar-refractivity contribution in [3.8, 4) is 0 Å². The number of carbonyl (C=O) groups is 3. The normalized spacial score (nSPS) is 11.6. The number of nitrogens with one attached hydrogen (secondary N) is 2. The van der Waals surface area contributed by atoms with Crippen LogP contribution in [0.25, 0.3) is 0 Å². The molecule has 9 heteroatoms. The maximum absolute atomic E-state index is 13.2. The van der Waals surface area contributed by atoms with Gasteiger partial charge in [-0.25, -0.2) is 9.18 Å². The largest absolute Gasteiger partial charge is 0.465 e. The fraction of sp³-hybridized carbons (Fsp3) is 0.381. The lowest BCUT2D eigenvalue weighted by molar-refractivity contribution is -0.117. The number of rotatable bonds is 9. The summed E-state index contributed by atoms with van der Waals surface area (Å²) in [4.78, 5) is 38.1. The van der Waals surface area contributed by atoms with Crippen molar-refractivity contribution in [2.24, 2.45) is 5.73 Å². The predicted molar refractivity (Wildman–Crippen MR) is 114 cm³/mol.